The highest BCUT2D eigenvalue weighted by Gasteiger charge is 2.08. The van der Waals surface area contributed by atoms with Gasteiger partial charge >= 0.3 is 0 Å². The molecule has 2 aromatic rings. The number of imidazole rings is 1. The molecule has 0 saturated carbocycles. The molecule has 4 heteroatoms. The fraction of sp³-hybridized carbons (Fsp3) is 0.308. The van der Waals surface area contributed by atoms with Crippen LogP contribution >= 0.6 is 0 Å². The number of benzene rings is 1. The van der Waals surface area contributed by atoms with Gasteiger partial charge in [0.1, 0.15) is 11.6 Å². The van der Waals surface area contributed by atoms with Gasteiger partial charge in [0.25, 0.3) is 0 Å². The summed E-state index contributed by atoms with van der Waals surface area (Å²) in [5.74, 6) is 0.706. The lowest BCUT2D eigenvalue weighted by atomic mass is 10.1. The Morgan fingerprint density at radius 3 is 2.65 bits per heavy atom. The Morgan fingerprint density at radius 2 is 2.00 bits per heavy atom. The Hall–Kier alpha value is -1.68. The monoisotopic (exact) mass is 233 g/mol. The predicted molar refractivity (Wildman–Crippen MR) is 66.1 cm³/mol. The summed E-state index contributed by atoms with van der Waals surface area (Å²) >= 11 is 0. The average Bonchev–Trinajstić information content (AvgIpc) is 2.69. The Labute approximate surface area is 99.9 Å². The second-order valence-electron chi connectivity index (χ2n) is 4.06. The van der Waals surface area contributed by atoms with Crippen molar-refractivity contribution in [1.82, 2.24) is 9.97 Å². The fourth-order valence-electron chi connectivity index (χ4n) is 1.80. The van der Waals surface area contributed by atoms with Crippen molar-refractivity contribution in [1.29, 1.82) is 0 Å². The van der Waals surface area contributed by atoms with Gasteiger partial charge in [0.2, 0.25) is 0 Å². The predicted octanol–water partition coefficient (Wildman–Crippen LogP) is 2.42. The molecule has 0 fully saturated rings. The SMILES string of the molecule is Cc1[nH]c(CCCN)nc1-c1ccc(F)cc1. The van der Waals surface area contributed by atoms with Crippen LogP contribution < -0.4 is 5.73 Å². The minimum Gasteiger partial charge on any atom is -0.346 e. The summed E-state index contributed by atoms with van der Waals surface area (Å²) in [4.78, 5) is 7.75. The quantitative estimate of drug-likeness (QED) is 0.852. The first-order chi connectivity index (χ1) is 8.20. The van der Waals surface area contributed by atoms with Crippen molar-refractivity contribution >= 4 is 0 Å². The summed E-state index contributed by atoms with van der Waals surface area (Å²) in [7, 11) is 0. The van der Waals surface area contributed by atoms with Crippen LogP contribution in [0.3, 0.4) is 0 Å². The van der Waals surface area contributed by atoms with Crippen LogP contribution in [0.4, 0.5) is 4.39 Å². The Kier molecular flexibility index (Phi) is 3.54. The van der Waals surface area contributed by atoms with Gasteiger partial charge in [0.05, 0.1) is 5.69 Å². The standard InChI is InChI=1S/C13H16FN3/c1-9-13(10-4-6-11(14)7-5-10)17-12(16-9)3-2-8-15/h4-7H,2-3,8,15H2,1H3,(H,16,17). The van der Waals surface area contributed by atoms with Gasteiger partial charge in [-0.05, 0) is 44.2 Å². The molecule has 1 aromatic carbocycles. The van der Waals surface area contributed by atoms with Gasteiger partial charge < -0.3 is 10.7 Å². The molecule has 0 aliphatic heterocycles. The number of aromatic nitrogens is 2. The topological polar surface area (TPSA) is 54.7 Å². The van der Waals surface area contributed by atoms with Gasteiger partial charge in [-0.1, -0.05) is 0 Å². The molecule has 0 atom stereocenters. The van der Waals surface area contributed by atoms with E-state index >= 15 is 0 Å². The molecule has 90 valence electrons. The fourth-order valence-corrected chi connectivity index (χ4v) is 1.80. The third-order valence-corrected chi connectivity index (χ3v) is 2.67. The number of H-pyrrole nitrogens is 1. The molecule has 0 aliphatic carbocycles. The van der Waals surface area contributed by atoms with Gasteiger partial charge in [-0.2, -0.15) is 0 Å². The summed E-state index contributed by atoms with van der Waals surface area (Å²) in [6.07, 6.45) is 1.76. The second kappa shape index (κ2) is 5.10. The van der Waals surface area contributed by atoms with E-state index in [0.717, 1.165) is 35.6 Å². The van der Waals surface area contributed by atoms with E-state index < -0.39 is 0 Å². The van der Waals surface area contributed by atoms with Crippen LogP contribution in [0.15, 0.2) is 24.3 Å². The molecule has 1 heterocycles. The van der Waals surface area contributed by atoms with E-state index in [4.69, 9.17) is 5.73 Å². The Morgan fingerprint density at radius 1 is 1.29 bits per heavy atom. The van der Waals surface area contributed by atoms with E-state index in [1.54, 1.807) is 12.1 Å². The molecule has 0 amide bonds. The van der Waals surface area contributed by atoms with Crippen LogP contribution in [-0.2, 0) is 6.42 Å². The first-order valence-electron chi connectivity index (χ1n) is 5.72. The molecule has 17 heavy (non-hydrogen) atoms. The van der Waals surface area contributed by atoms with Crippen molar-refractivity contribution in [2.45, 2.75) is 19.8 Å². The van der Waals surface area contributed by atoms with Gasteiger partial charge in [-0.15, -0.1) is 0 Å². The average molecular weight is 233 g/mol. The Bertz CT molecular complexity index is 488. The van der Waals surface area contributed by atoms with Gasteiger partial charge in [0.15, 0.2) is 0 Å². The molecule has 3 N–H and O–H groups in total. The first kappa shape index (κ1) is 11.8. The molecule has 0 radical (unpaired) electrons. The third kappa shape index (κ3) is 2.71. The number of aryl methyl sites for hydroxylation is 2. The zero-order valence-corrected chi connectivity index (χ0v) is 9.83. The molecule has 3 nitrogen and oxygen atoms in total. The van der Waals surface area contributed by atoms with Crippen LogP contribution in [0.5, 0.6) is 0 Å². The number of halogens is 1. The van der Waals surface area contributed by atoms with Crippen molar-refractivity contribution in [2.75, 3.05) is 6.54 Å². The summed E-state index contributed by atoms with van der Waals surface area (Å²) < 4.78 is 12.8. The molecule has 0 aliphatic rings. The number of rotatable bonds is 4. The van der Waals surface area contributed by atoms with Gasteiger partial charge in [0, 0.05) is 17.7 Å². The molecule has 0 saturated heterocycles. The van der Waals surface area contributed by atoms with E-state index in [9.17, 15) is 4.39 Å². The van der Waals surface area contributed by atoms with E-state index in [2.05, 4.69) is 9.97 Å². The van der Waals surface area contributed by atoms with Crippen LogP contribution in [0.1, 0.15) is 17.9 Å². The van der Waals surface area contributed by atoms with Crippen molar-refractivity contribution in [3.05, 3.63) is 41.6 Å². The first-order valence-corrected chi connectivity index (χ1v) is 5.72. The molecule has 1 aromatic heterocycles. The lowest BCUT2D eigenvalue weighted by Gasteiger charge is -1.97. The number of nitrogens with one attached hydrogen (secondary N) is 1. The van der Waals surface area contributed by atoms with E-state index in [0.29, 0.717) is 6.54 Å². The largest absolute Gasteiger partial charge is 0.346 e. The number of nitrogens with zero attached hydrogens (tertiary/aromatic N) is 1. The second-order valence-corrected chi connectivity index (χ2v) is 4.06. The number of hydrogen-bond donors (Lipinski definition) is 2. The molecule has 0 spiro atoms. The Balaban J connectivity index is 2.26. The molecular weight excluding hydrogens is 217 g/mol. The third-order valence-electron chi connectivity index (χ3n) is 2.67. The van der Waals surface area contributed by atoms with Crippen molar-refractivity contribution in [3.8, 4) is 11.3 Å². The minimum atomic E-state index is -0.231. The van der Waals surface area contributed by atoms with Crippen LogP contribution in [-0.4, -0.2) is 16.5 Å². The van der Waals surface area contributed by atoms with Gasteiger partial charge in [-0.3, -0.25) is 0 Å². The zero-order valence-electron chi connectivity index (χ0n) is 9.83. The van der Waals surface area contributed by atoms with E-state index in [-0.39, 0.29) is 5.82 Å². The molecule has 2 rings (SSSR count). The summed E-state index contributed by atoms with van der Waals surface area (Å²) in [5.41, 5.74) is 8.28. The van der Waals surface area contributed by atoms with Crippen molar-refractivity contribution < 1.29 is 4.39 Å². The molecular formula is C13H16FN3. The normalized spacial score (nSPS) is 10.8. The van der Waals surface area contributed by atoms with Crippen LogP contribution in [0.25, 0.3) is 11.3 Å². The smallest absolute Gasteiger partial charge is 0.123 e. The van der Waals surface area contributed by atoms with Crippen LogP contribution in [0, 0.1) is 12.7 Å². The van der Waals surface area contributed by atoms with Crippen molar-refractivity contribution in [3.63, 3.8) is 0 Å². The zero-order chi connectivity index (χ0) is 12.3. The summed E-state index contributed by atoms with van der Waals surface area (Å²) in [6, 6.07) is 6.38. The summed E-state index contributed by atoms with van der Waals surface area (Å²) in [6.45, 7) is 2.63. The van der Waals surface area contributed by atoms with Crippen LogP contribution in [0.2, 0.25) is 0 Å². The maximum Gasteiger partial charge on any atom is 0.123 e. The lowest BCUT2D eigenvalue weighted by Crippen LogP contribution is -2.01. The maximum absolute atomic E-state index is 12.8. The summed E-state index contributed by atoms with van der Waals surface area (Å²) in [5, 5.41) is 0. The number of hydrogen-bond acceptors (Lipinski definition) is 2. The maximum atomic E-state index is 12.8. The highest BCUT2D eigenvalue weighted by atomic mass is 19.1. The number of aromatic amines is 1. The van der Waals surface area contributed by atoms with E-state index in [1.807, 2.05) is 6.92 Å². The van der Waals surface area contributed by atoms with Gasteiger partial charge in [-0.25, -0.2) is 9.37 Å². The lowest BCUT2D eigenvalue weighted by molar-refractivity contribution is 0.628. The van der Waals surface area contributed by atoms with Crippen molar-refractivity contribution in [2.24, 2.45) is 5.73 Å². The highest BCUT2D eigenvalue weighted by Crippen LogP contribution is 2.21. The van der Waals surface area contributed by atoms with E-state index in [1.165, 1.54) is 12.1 Å². The minimum absolute atomic E-state index is 0.231. The molecule has 0 unspecified atom stereocenters. The highest BCUT2D eigenvalue weighted by molar-refractivity contribution is 5.61. The molecule has 0 bridgehead atoms. The number of nitrogens with two attached hydrogens (primary N) is 1.